The number of hydrogen-bond acceptors (Lipinski definition) is 3. The van der Waals surface area contributed by atoms with E-state index in [9.17, 15) is 0 Å². The Morgan fingerprint density at radius 3 is 3.00 bits per heavy atom. The minimum absolute atomic E-state index is 0.310. The quantitative estimate of drug-likeness (QED) is 0.656. The second kappa shape index (κ2) is 5.78. The van der Waals surface area contributed by atoms with Crippen molar-refractivity contribution in [1.29, 1.82) is 0 Å². The Bertz CT molecular complexity index is 254. The minimum Gasteiger partial charge on any atom is -0.337 e. The largest absolute Gasteiger partial charge is 0.337 e. The van der Waals surface area contributed by atoms with Crippen molar-refractivity contribution in [3.63, 3.8) is 0 Å². The first-order valence-electron chi connectivity index (χ1n) is 5.12. The molecule has 3 N–H and O–H groups in total. The normalized spacial score (nSPS) is 13.1. The van der Waals surface area contributed by atoms with E-state index in [2.05, 4.69) is 10.3 Å². The fourth-order valence-corrected chi connectivity index (χ4v) is 1.32. The van der Waals surface area contributed by atoms with E-state index in [0.29, 0.717) is 6.04 Å². The molecule has 0 spiro atoms. The molecule has 0 amide bonds. The SMILES string of the molecule is CC(N)CCCNCc1nccn1C. The first kappa shape index (κ1) is 11.2. The fourth-order valence-electron chi connectivity index (χ4n) is 1.32. The van der Waals surface area contributed by atoms with Crippen LogP contribution in [0.4, 0.5) is 0 Å². The molecule has 4 nitrogen and oxygen atoms in total. The first-order chi connectivity index (χ1) is 6.70. The number of nitrogens with one attached hydrogen (secondary N) is 1. The molecule has 1 heterocycles. The number of nitrogens with zero attached hydrogens (tertiary/aromatic N) is 2. The molecular weight excluding hydrogens is 176 g/mol. The fraction of sp³-hybridized carbons (Fsp3) is 0.700. The highest BCUT2D eigenvalue weighted by Gasteiger charge is 1.98. The van der Waals surface area contributed by atoms with Gasteiger partial charge in [0.25, 0.3) is 0 Å². The number of rotatable bonds is 6. The molecule has 0 aromatic carbocycles. The van der Waals surface area contributed by atoms with Gasteiger partial charge in [-0.2, -0.15) is 0 Å². The van der Waals surface area contributed by atoms with Crippen LogP contribution in [0.25, 0.3) is 0 Å². The third kappa shape index (κ3) is 3.89. The molecule has 1 aromatic heterocycles. The number of aromatic nitrogens is 2. The predicted octanol–water partition coefficient (Wildman–Crippen LogP) is 0.637. The summed E-state index contributed by atoms with van der Waals surface area (Å²) in [5.74, 6) is 1.07. The maximum absolute atomic E-state index is 5.65. The van der Waals surface area contributed by atoms with Gasteiger partial charge in [0.05, 0.1) is 6.54 Å². The van der Waals surface area contributed by atoms with Crippen LogP contribution in [0.5, 0.6) is 0 Å². The van der Waals surface area contributed by atoms with Crippen LogP contribution >= 0.6 is 0 Å². The standard InChI is InChI=1S/C10H20N4/c1-9(11)4-3-5-12-8-10-13-6-7-14(10)2/h6-7,9,12H,3-5,8,11H2,1-2H3. The molecule has 0 fully saturated rings. The van der Waals surface area contributed by atoms with E-state index < -0.39 is 0 Å². The molecule has 1 rings (SSSR count). The van der Waals surface area contributed by atoms with E-state index in [0.717, 1.165) is 31.8 Å². The highest BCUT2D eigenvalue weighted by atomic mass is 15.1. The Hall–Kier alpha value is -0.870. The van der Waals surface area contributed by atoms with Gasteiger partial charge < -0.3 is 15.6 Å². The summed E-state index contributed by atoms with van der Waals surface area (Å²) in [7, 11) is 2.01. The molecule has 0 aliphatic rings. The maximum atomic E-state index is 5.65. The topological polar surface area (TPSA) is 55.9 Å². The molecule has 0 aliphatic heterocycles. The summed E-state index contributed by atoms with van der Waals surface area (Å²) in [6.07, 6.45) is 5.98. The molecule has 14 heavy (non-hydrogen) atoms. The second-order valence-corrected chi connectivity index (χ2v) is 3.75. The van der Waals surface area contributed by atoms with Crippen LogP contribution in [0.2, 0.25) is 0 Å². The third-order valence-electron chi connectivity index (χ3n) is 2.22. The van der Waals surface area contributed by atoms with E-state index in [1.54, 1.807) is 0 Å². The lowest BCUT2D eigenvalue weighted by Gasteiger charge is -2.06. The smallest absolute Gasteiger partial charge is 0.122 e. The van der Waals surface area contributed by atoms with Crippen molar-refractivity contribution in [3.05, 3.63) is 18.2 Å². The molecule has 4 heteroatoms. The van der Waals surface area contributed by atoms with Crippen molar-refractivity contribution in [1.82, 2.24) is 14.9 Å². The number of nitrogens with two attached hydrogens (primary N) is 1. The summed E-state index contributed by atoms with van der Waals surface area (Å²) in [5.41, 5.74) is 5.65. The maximum Gasteiger partial charge on any atom is 0.122 e. The summed E-state index contributed by atoms with van der Waals surface area (Å²) < 4.78 is 2.03. The average Bonchev–Trinajstić information content (AvgIpc) is 2.51. The van der Waals surface area contributed by atoms with Crippen LogP contribution in [-0.2, 0) is 13.6 Å². The molecule has 1 atom stereocenters. The van der Waals surface area contributed by atoms with Crippen molar-refractivity contribution in [3.8, 4) is 0 Å². The Morgan fingerprint density at radius 2 is 2.43 bits per heavy atom. The van der Waals surface area contributed by atoms with Crippen molar-refractivity contribution < 1.29 is 0 Å². The lowest BCUT2D eigenvalue weighted by atomic mass is 10.2. The molecule has 0 aliphatic carbocycles. The number of aryl methyl sites for hydroxylation is 1. The molecule has 0 radical (unpaired) electrons. The van der Waals surface area contributed by atoms with Gasteiger partial charge in [-0.3, -0.25) is 0 Å². The van der Waals surface area contributed by atoms with Gasteiger partial charge in [-0.05, 0) is 26.3 Å². The van der Waals surface area contributed by atoms with Crippen molar-refractivity contribution in [2.75, 3.05) is 6.54 Å². The van der Waals surface area contributed by atoms with Gasteiger partial charge in [-0.1, -0.05) is 0 Å². The van der Waals surface area contributed by atoms with Crippen LogP contribution in [0.15, 0.2) is 12.4 Å². The number of imidazole rings is 1. The van der Waals surface area contributed by atoms with Crippen LogP contribution in [0, 0.1) is 0 Å². The summed E-state index contributed by atoms with van der Waals surface area (Å²) >= 11 is 0. The third-order valence-corrected chi connectivity index (χ3v) is 2.22. The summed E-state index contributed by atoms with van der Waals surface area (Å²) in [5, 5.41) is 3.35. The van der Waals surface area contributed by atoms with E-state index in [-0.39, 0.29) is 0 Å². The average molecular weight is 196 g/mol. The van der Waals surface area contributed by atoms with Gasteiger partial charge in [0.2, 0.25) is 0 Å². The van der Waals surface area contributed by atoms with Gasteiger partial charge in [0.1, 0.15) is 5.82 Å². The highest BCUT2D eigenvalue weighted by molar-refractivity contribution is 4.90. The van der Waals surface area contributed by atoms with Gasteiger partial charge in [0, 0.05) is 25.5 Å². The van der Waals surface area contributed by atoms with Crippen LogP contribution in [0.3, 0.4) is 0 Å². The Kier molecular flexibility index (Phi) is 4.62. The van der Waals surface area contributed by atoms with Crippen LogP contribution < -0.4 is 11.1 Å². The van der Waals surface area contributed by atoms with E-state index in [1.165, 1.54) is 0 Å². The summed E-state index contributed by atoms with van der Waals surface area (Å²) in [6.45, 7) is 3.88. The number of hydrogen-bond donors (Lipinski definition) is 2. The van der Waals surface area contributed by atoms with Gasteiger partial charge in [-0.15, -0.1) is 0 Å². The van der Waals surface area contributed by atoms with Crippen LogP contribution in [0.1, 0.15) is 25.6 Å². The lowest BCUT2D eigenvalue weighted by molar-refractivity contribution is 0.561. The molecule has 0 bridgehead atoms. The van der Waals surface area contributed by atoms with E-state index in [4.69, 9.17) is 5.73 Å². The minimum atomic E-state index is 0.310. The lowest BCUT2D eigenvalue weighted by Crippen LogP contribution is -2.21. The summed E-state index contributed by atoms with van der Waals surface area (Å²) in [4.78, 5) is 4.22. The van der Waals surface area contributed by atoms with E-state index in [1.807, 2.05) is 30.9 Å². The van der Waals surface area contributed by atoms with E-state index >= 15 is 0 Å². The monoisotopic (exact) mass is 196 g/mol. The molecule has 0 saturated heterocycles. The molecule has 1 unspecified atom stereocenters. The molecule has 0 saturated carbocycles. The zero-order valence-electron chi connectivity index (χ0n) is 9.03. The Labute approximate surface area is 85.5 Å². The Balaban J connectivity index is 2.08. The highest BCUT2D eigenvalue weighted by Crippen LogP contribution is 1.94. The summed E-state index contributed by atoms with van der Waals surface area (Å²) in [6, 6.07) is 0.310. The Morgan fingerprint density at radius 1 is 1.64 bits per heavy atom. The zero-order chi connectivity index (χ0) is 10.4. The van der Waals surface area contributed by atoms with Crippen molar-refractivity contribution >= 4 is 0 Å². The van der Waals surface area contributed by atoms with Gasteiger partial charge in [0.15, 0.2) is 0 Å². The zero-order valence-corrected chi connectivity index (χ0v) is 9.03. The first-order valence-corrected chi connectivity index (χ1v) is 5.12. The van der Waals surface area contributed by atoms with Crippen molar-refractivity contribution in [2.24, 2.45) is 12.8 Å². The predicted molar refractivity (Wildman–Crippen MR) is 57.8 cm³/mol. The molecule has 1 aromatic rings. The van der Waals surface area contributed by atoms with Gasteiger partial charge >= 0.3 is 0 Å². The van der Waals surface area contributed by atoms with Gasteiger partial charge in [-0.25, -0.2) is 4.98 Å². The second-order valence-electron chi connectivity index (χ2n) is 3.75. The van der Waals surface area contributed by atoms with Crippen LogP contribution in [-0.4, -0.2) is 22.1 Å². The molecular formula is C10H20N4. The molecule has 80 valence electrons. The van der Waals surface area contributed by atoms with Crippen molar-refractivity contribution in [2.45, 2.75) is 32.4 Å².